The van der Waals surface area contributed by atoms with Gasteiger partial charge in [0.15, 0.2) is 0 Å². The number of hydrogen-bond donors (Lipinski definition) is 2. The first-order chi connectivity index (χ1) is 16.7. The molecule has 0 radical (unpaired) electrons. The molecule has 5 aromatic carbocycles. The van der Waals surface area contributed by atoms with Crippen LogP contribution in [-0.2, 0) is 0 Å². The summed E-state index contributed by atoms with van der Waals surface area (Å²) in [6, 6.07) is 30.0. The first kappa shape index (κ1) is 17.8. The molecule has 0 bridgehead atoms. The monoisotopic (exact) mass is 439 g/mol. The van der Waals surface area contributed by atoms with Crippen LogP contribution in [0, 0.1) is 0 Å². The maximum absolute atomic E-state index is 10.1. The molecule has 0 spiro atoms. The minimum atomic E-state index is 0.183. The molecule has 0 amide bonds. The fourth-order valence-corrected chi connectivity index (χ4v) is 5.56. The van der Waals surface area contributed by atoms with Crippen LogP contribution in [0.3, 0.4) is 0 Å². The zero-order valence-electron chi connectivity index (χ0n) is 17.9. The molecule has 0 unspecified atom stereocenters. The molecule has 34 heavy (non-hydrogen) atoms. The first-order valence-electron chi connectivity index (χ1n) is 11.2. The third-order valence-electron chi connectivity index (χ3n) is 7.04. The van der Waals surface area contributed by atoms with Crippen molar-refractivity contribution < 1.29 is 14.6 Å². The van der Waals surface area contributed by atoms with E-state index in [1.807, 2.05) is 18.2 Å². The van der Waals surface area contributed by atoms with Crippen molar-refractivity contribution in [3.05, 3.63) is 91.0 Å². The number of aromatic hydroxyl groups is 2. The lowest BCUT2D eigenvalue weighted by atomic mass is 9.98. The molecule has 0 atom stereocenters. The van der Waals surface area contributed by atoms with Crippen molar-refractivity contribution >= 4 is 60.0 Å². The summed E-state index contributed by atoms with van der Waals surface area (Å²) >= 11 is 0. The molecule has 160 valence electrons. The molecule has 0 aliphatic rings. The molecule has 4 nitrogen and oxygen atoms in total. The number of phenolic OH excluding ortho intramolecular Hbond substituents is 2. The van der Waals surface area contributed by atoms with Gasteiger partial charge in [-0.05, 0) is 70.4 Å². The zero-order valence-corrected chi connectivity index (χ0v) is 17.9. The van der Waals surface area contributed by atoms with Gasteiger partial charge in [0.2, 0.25) is 5.71 Å². The number of fused-ring (bicyclic) bond motifs is 9. The molecule has 0 aliphatic heterocycles. The summed E-state index contributed by atoms with van der Waals surface area (Å²) in [5.41, 5.74) is 5.88. The van der Waals surface area contributed by atoms with E-state index >= 15 is 0 Å². The Hall–Kier alpha value is -4.70. The van der Waals surface area contributed by atoms with E-state index in [1.165, 1.54) is 5.39 Å². The largest absolute Gasteiger partial charge is 0.508 e. The van der Waals surface area contributed by atoms with Gasteiger partial charge >= 0.3 is 0 Å². The predicted octanol–water partition coefficient (Wildman–Crippen LogP) is 7.81. The second kappa shape index (κ2) is 6.00. The Bertz CT molecular complexity index is 2080. The van der Waals surface area contributed by atoms with Gasteiger partial charge in [-0.2, -0.15) is 0 Å². The SMILES string of the molecule is Oc1ccc2cc3c4cc(-c5ccccc5)cc5c6c7ccc(O)cc7oc6n(c3cc2c1)c45. The van der Waals surface area contributed by atoms with Crippen molar-refractivity contribution in [3.63, 3.8) is 0 Å². The predicted molar refractivity (Wildman–Crippen MR) is 137 cm³/mol. The number of aromatic nitrogens is 1. The maximum atomic E-state index is 10.1. The van der Waals surface area contributed by atoms with Gasteiger partial charge in [0.1, 0.15) is 17.1 Å². The Balaban J connectivity index is 1.65. The van der Waals surface area contributed by atoms with Crippen LogP contribution in [0.15, 0.2) is 95.4 Å². The van der Waals surface area contributed by atoms with Crippen LogP contribution >= 0.6 is 0 Å². The van der Waals surface area contributed by atoms with E-state index in [9.17, 15) is 10.2 Å². The van der Waals surface area contributed by atoms with Crippen LogP contribution in [0.5, 0.6) is 11.5 Å². The zero-order chi connectivity index (χ0) is 22.6. The summed E-state index contributed by atoms with van der Waals surface area (Å²) in [6.45, 7) is 0. The average Bonchev–Trinajstić information content (AvgIpc) is 3.47. The summed E-state index contributed by atoms with van der Waals surface area (Å²) in [4.78, 5) is 0. The summed E-state index contributed by atoms with van der Waals surface area (Å²) in [5, 5.41) is 27.6. The highest BCUT2D eigenvalue weighted by Gasteiger charge is 2.23. The van der Waals surface area contributed by atoms with Gasteiger partial charge in [-0.25, -0.2) is 0 Å². The van der Waals surface area contributed by atoms with Crippen LogP contribution in [0.1, 0.15) is 0 Å². The topological polar surface area (TPSA) is 58.0 Å². The average molecular weight is 439 g/mol. The minimum Gasteiger partial charge on any atom is -0.508 e. The molecule has 4 heteroatoms. The molecule has 0 saturated carbocycles. The van der Waals surface area contributed by atoms with E-state index in [0.29, 0.717) is 5.58 Å². The van der Waals surface area contributed by atoms with Crippen molar-refractivity contribution in [2.75, 3.05) is 0 Å². The molecular weight excluding hydrogens is 422 g/mol. The minimum absolute atomic E-state index is 0.183. The fourth-order valence-electron chi connectivity index (χ4n) is 5.56. The molecule has 0 fully saturated rings. The fraction of sp³-hybridized carbons (Fsp3) is 0. The van der Waals surface area contributed by atoms with Crippen LogP contribution in [0.4, 0.5) is 0 Å². The van der Waals surface area contributed by atoms with Crippen LogP contribution in [0.25, 0.3) is 71.2 Å². The van der Waals surface area contributed by atoms with Crippen LogP contribution < -0.4 is 0 Å². The van der Waals surface area contributed by atoms with Crippen molar-refractivity contribution in [1.82, 2.24) is 4.40 Å². The van der Waals surface area contributed by atoms with Crippen molar-refractivity contribution in [2.45, 2.75) is 0 Å². The highest BCUT2D eigenvalue weighted by Crippen LogP contribution is 2.46. The van der Waals surface area contributed by atoms with E-state index < -0.39 is 0 Å². The van der Waals surface area contributed by atoms with E-state index in [-0.39, 0.29) is 11.5 Å². The molecule has 3 heterocycles. The van der Waals surface area contributed by atoms with Gasteiger partial charge in [0.05, 0.1) is 16.4 Å². The van der Waals surface area contributed by atoms with Crippen LogP contribution in [-0.4, -0.2) is 14.6 Å². The number of rotatable bonds is 1. The van der Waals surface area contributed by atoms with Gasteiger partial charge < -0.3 is 14.6 Å². The Morgan fingerprint density at radius 1 is 0.588 bits per heavy atom. The third-order valence-corrected chi connectivity index (χ3v) is 7.04. The summed E-state index contributed by atoms with van der Waals surface area (Å²) in [7, 11) is 0. The highest BCUT2D eigenvalue weighted by molar-refractivity contribution is 6.29. The standard InChI is InChI=1S/C30H17NO3/c32-20-7-6-17-11-23-24-12-19(16-4-2-1-3-5-16)13-25-28-22-9-8-21(33)15-27(22)34-30(28)31(29(24)25)26(23)14-18(17)10-20/h1-15,32-33H. The van der Waals surface area contributed by atoms with Gasteiger partial charge in [0.25, 0.3) is 0 Å². The van der Waals surface area contributed by atoms with Crippen molar-refractivity contribution in [3.8, 4) is 22.6 Å². The summed E-state index contributed by atoms with van der Waals surface area (Å²) < 4.78 is 8.55. The molecular formula is C30H17NO3. The molecule has 8 rings (SSSR count). The molecule has 3 aromatic heterocycles. The number of furan rings is 1. The molecule has 2 N–H and O–H groups in total. The van der Waals surface area contributed by atoms with E-state index in [2.05, 4.69) is 52.9 Å². The van der Waals surface area contributed by atoms with Gasteiger partial charge in [-0.15, -0.1) is 0 Å². The van der Waals surface area contributed by atoms with Crippen molar-refractivity contribution in [1.29, 1.82) is 0 Å². The van der Waals surface area contributed by atoms with Crippen LogP contribution in [0.2, 0.25) is 0 Å². The Morgan fingerprint density at radius 3 is 2.26 bits per heavy atom. The number of benzene rings is 5. The van der Waals surface area contributed by atoms with Gasteiger partial charge in [0, 0.05) is 27.6 Å². The summed E-state index contributed by atoms with van der Waals surface area (Å²) in [5.74, 6) is 0.429. The smallest absolute Gasteiger partial charge is 0.213 e. The lowest BCUT2D eigenvalue weighted by Gasteiger charge is -2.04. The van der Waals surface area contributed by atoms with Gasteiger partial charge in [-0.3, -0.25) is 4.40 Å². The highest BCUT2D eigenvalue weighted by atomic mass is 16.3. The lowest BCUT2D eigenvalue weighted by Crippen LogP contribution is -1.80. The Morgan fingerprint density at radius 2 is 1.38 bits per heavy atom. The summed E-state index contributed by atoms with van der Waals surface area (Å²) in [6.07, 6.45) is 0. The first-order valence-corrected chi connectivity index (χ1v) is 11.2. The van der Waals surface area contributed by atoms with E-state index in [4.69, 9.17) is 4.42 Å². The number of nitrogens with zero attached hydrogens (tertiary/aromatic N) is 1. The quantitative estimate of drug-likeness (QED) is 0.274. The second-order valence-electron chi connectivity index (χ2n) is 8.98. The molecule has 0 saturated heterocycles. The normalized spacial score (nSPS) is 12.4. The van der Waals surface area contributed by atoms with Crippen molar-refractivity contribution in [2.24, 2.45) is 0 Å². The van der Waals surface area contributed by atoms with E-state index in [0.717, 1.165) is 60.2 Å². The number of phenols is 2. The maximum Gasteiger partial charge on any atom is 0.213 e. The molecule has 8 aromatic rings. The molecule has 0 aliphatic carbocycles. The van der Waals surface area contributed by atoms with E-state index in [1.54, 1.807) is 24.3 Å². The third kappa shape index (κ3) is 2.17. The second-order valence-corrected chi connectivity index (χ2v) is 8.98. The Labute approximate surface area is 192 Å². The Kier molecular flexibility index (Phi) is 3.14. The lowest BCUT2D eigenvalue weighted by molar-refractivity contribution is 0.474. The van der Waals surface area contributed by atoms with Gasteiger partial charge in [-0.1, -0.05) is 36.4 Å². The number of hydrogen-bond acceptors (Lipinski definition) is 3.